The van der Waals surface area contributed by atoms with E-state index >= 15 is 0 Å². The summed E-state index contributed by atoms with van der Waals surface area (Å²) in [5.41, 5.74) is 4.80. The number of anilines is 4. The number of aryl methyl sites for hydroxylation is 2. The Balaban J connectivity index is 0.000000318. The Hall–Kier alpha value is -3.62. The van der Waals surface area contributed by atoms with Gasteiger partial charge in [-0.05, 0) is 54.3 Å². The van der Waals surface area contributed by atoms with Crippen LogP contribution < -0.4 is 10.2 Å². The van der Waals surface area contributed by atoms with Gasteiger partial charge in [0, 0.05) is 24.6 Å². The molecule has 0 radical (unpaired) electrons. The molecule has 1 aliphatic rings. The summed E-state index contributed by atoms with van der Waals surface area (Å²) < 4.78 is 31.7. The van der Waals surface area contributed by atoms with Gasteiger partial charge in [-0.2, -0.15) is 18.2 Å². The molecule has 6 bridgehead atoms. The molecule has 0 amide bonds. The van der Waals surface area contributed by atoms with E-state index in [-0.39, 0.29) is 0 Å². The first-order valence-corrected chi connectivity index (χ1v) is 9.04. The number of carboxylic acids is 1. The molecule has 6 nitrogen and oxygen atoms in total. The zero-order valence-electron chi connectivity index (χ0n) is 16.0. The molecule has 30 heavy (non-hydrogen) atoms. The van der Waals surface area contributed by atoms with E-state index in [4.69, 9.17) is 9.90 Å². The summed E-state index contributed by atoms with van der Waals surface area (Å²) in [5.74, 6) is -1.27. The fourth-order valence-electron chi connectivity index (χ4n) is 2.87. The highest BCUT2D eigenvalue weighted by atomic mass is 19.4. The molecule has 1 aromatic heterocycles. The average molecular weight is 416 g/mol. The fraction of sp³-hybridized carbons (Fsp3) is 0.190. The van der Waals surface area contributed by atoms with Gasteiger partial charge in [-0.15, -0.1) is 0 Å². The molecule has 3 aromatic rings. The number of hydrogen-bond acceptors (Lipinski definition) is 5. The molecule has 0 aliphatic carbocycles. The van der Waals surface area contributed by atoms with Crippen LogP contribution in [-0.2, 0) is 17.6 Å². The number of aromatic nitrogens is 2. The van der Waals surface area contributed by atoms with E-state index in [1.807, 2.05) is 19.2 Å². The number of nitrogens with one attached hydrogen (secondary N) is 1. The van der Waals surface area contributed by atoms with E-state index < -0.39 is 12.1 Å². The van der Waals surface area contributed by atoms with Gasteiger partial charge >= 0.3 is 12.1 Å². The Morgan fingerprint density at radius 2 is 1.70 bits per heavy atom. The third-order valence-corrected chi connectivity index (χ3v) is 4.41. The Labute approximate surface area is 171 Å². The third kappa shape index (κ3) is 5.47. The first-order chi connectivity index (χ1) is 14.2. The standard InChI is InChI=1S/C19H18N4.C2HF3O2/c1-23-17-7-3-5-15(13-17)9-8-14-4-2-6-16(12-14)21-19-20-11-10-18(23)22-19;3-2(4,5)1(6)7/h2-7,10-13H,8-9H2,1H3,(H,20,21,22);(H,6,7). The fourth-order valence-corrected chi connectivity index (χ4v) is 2.87. The summed E-state index contributed by atoms with van der Waals surface area (Å²) in [5, 5.41) is 10.4. The molecule has 2 aromatic carbocycles. The zero-order chi connectivity index (χ0) is 21.7. The predicted molar refractivity (Wildman–Crippen MR) is 107 cm³/mol. The van der Waals surface area contributed by atoms with Crippen molar-refractivity contribution < 1.29 is 23.1 Å². The van der Waals surface area contributed by atoms with E-state index in [9.17, 15) is 13.2 Å². The summed E-state index contributed by atoms with van der Waals surface area (Å²) in [7, 11) is 2.03. The van der Waals surface area contributed by atoms with Crippen LogP contribution in [0, 0.1) is 0 Å². The molecular weight excluding hydrogens is 397 g/mol. The number of carboxylic acid groups (broad SMARTS) is 1. The smallest absolute Gasteiger partial charge is 0.475 e. The van der Waals surface area contributed by atoms with Crippen molar-refractivity contribution in [3.63, 3.8) is 0 Å². The van der Waals surface area contributed by atoms with Gasteiger partial charge in [0.1, 0.15) is 5.82 Å². The molecule has 0 spiro atoms. The average Bonchev–Trinajstić information content (AvgIpc) is 2.72. The summed E-state index contributed by atoms with van der Waals surface area (Å²) in [6, 6.07) is 19.0. The van der Waals surface area contributed by atoms with Crippen LogP contribution in [0.4, 0.5) is 36.3 Å². The lowest BCUT2D eigenvalue weighted by atomic mass is 10.0. The molecule has 1 aliphatic heterocycles. The number of nitrogens with zero attached hydrogens (tertiary/aromatic N) is 3. The van der Waals surface area contributed by atoms with E-state index in [0.29, 0.717) is 5.95 Å². The number of aliphatic carboxylic acids is 1. The van der Waals surface area contributed by atoms with E-state index in [2.05, 4.69) is 62.6 Å². The second-order valence-corrected chi connectivity index (χ2v) is 6.60. The van der Waals surface area contributed by atoms with Crippen LogP contribution in [0.5, 0.6) is 0 Å². The number of benzene rings is 2. The van der Waals surface area contributed by atoms with Crippen molar-refractivity contribution in [3.8, 4) is 0 Å². The minimum atomic E-state index is -5.08. The highest BCUT2D eigenvalue weighted by Crippen LogP contribution is 2.25. The molecule has 0 unspecified atom stereocenters. The summed E-state index contributed by atoms with van der Waals surface area (Å²) in [6.07, 6.45) is -1.26. The van der Waals surface area contributed by atoms with Gasteiger partial charge in [-0.25, -0.2) is 9.78 Å². The maximum absolute atomic E-state index is 10.6. The number of carbonyl (C=O) groups is 1. The van der Waals surface area contributed by atoms with Crippen molar-refractivity contribution in [1.82, 2.24) is 9.97 Å². The SMILES string of the molecule is CN1c2cccc(c2)CCc2cccc(c2)Nc2nccc1n2.O=C(O)C(F)(F)F. The summed E-state index contributed by atoms with van der Waals surface area (Å²) in [4.78, 5) is 19.9. The topological polar surface area (TPSA) is 78.3 Å². The quantitative estimate of drug-likeness (QED) is 0.552. The van der Waals surface area contributed by atoms with Crippen LogP contribution >= 0.6 is 0 Å². The van der Waals surface area contributed by atoms with Crippen LogP contribution in [0.25, 0.3) is 0 Å². The molecular formula is C21H19F3N4O2. The van der Waals surface area contributed by atoms with E-state index in [1.54, 1.807) is 6.20 Å². The maximum atomic E-state index is 10.6. The van der Waals surface area contributed by atoms with Crippen LogP contribution in [0.2, 0.25) is 0 Å². The van der Waals surface area contributed by atoms with Gasteiger partial charge in [0.15, 0.2) is 0 Å². The molecule has 156 valence electrons. The van der Waals surface area contributed by atoms with Crippen molar-refractivity contribution in [1.29, 1.82) is 0 Å². The third-order valence-electron chi connectivity index (χ3n) is 4.41. The predicted octanol–water partition coefficient (Wildman–Crippen LogP) is 4.72. The Kier molecular flexibility index (Phi) is 6.20. The number of hydrogen-bond donors (Lipinski definition) is 2. The van der Waals surface area contributed by atoms with Crippen LogP contribution in [0.3, 0.4) is 0 Å². The second kappa shape index (κ2) is 8.81. The monoisotopic (exact) mass is 416 g/mol. The molecule has 0 atom stereocenters. The van der Waals surface area contributed by atoms with E-state index in [1.165, 1.54) is 11.1 Å². The normalized spacial score (nSPS) is 12.9. The first-order valence-electron chi connectivity index (χ1n) is 9.04. The van der Waals surface area contributed by atoms with Crippen LogP contribution in [-0.4, -0.2) is 34.3 Å². The van der Waals surface area contributed by atoms with Crippen LogP contribution in [0.15, 0.2) is 60.8 Å². The van der Waals surface area contributed by atoms with Gasteiger partial charge in [0.25, 0.3) is 0 Å². The maximum Gasteiger partial charge on any atom is 0.490 e. The Bertz CT molecular complexity index is 1040. The molecule has 4 rings (SSSR count). The molecule has 0 saturated heterocycles. The molecule has 2 N–H and O–H groups in total. The summed E-state index contributed by atoms with van der Waals surface area (Å²) in [6.45, 7) is 0. The number of alkyl halides is 3. The summed E-state index contributed by atoms with van der Waals surface area (Å²) >= 11 is 0. The van der Waals surface area contributed by atoms with Crippen molar-refractivity contribution >= 4 is 29.1 Å². The Morgan fingerprint density at radius 3 is 2.37 bits per heavy atom. The van der Waals surface area contributed by atoms with Gasteiger partial charge in [0.05, 0.1) is 0 Å². The van der Waals surface area contributed by atoms with Crippen molar-refractivity contribution in [2.45, 2.75) is 19.0 Å². The lowest BCUT2D eigenvalue weighted by molar-refractivity contribution is -0.192. The van der Waals surface area contributed by atoms with Crippen molar-refractivity contribution in [3.05, 3.63) is 71.9 Å². The van der Waals surface area contributed by atoms with Gasteiger partial charge < -0.3 is 15.3 Å². The second-order valence-electron chi connectivity index (χ2n) is 6.60. The minimum Gasteiger partial charge on any atom is -0.475 e. The van der Waals surface area contributed by atoms with E-state index in [0.717, 1.165) is 30.0 Å². The molecule has 2 heterocycles. The lowest BCUT2D eigenvalue weighted by Gasteiger charge is -2.19. The number of fused-ring (bicyclic) bond motifs is 6. The highest BCUT2D eigenvalue weighted by molar-refractivity contribution is 5.73. The Morgan fingerprint density at radius 1 is 1.07 bits per heavy atom. The van der Waals surface area contributed by atoms with Crippen molar-refractivity contribution in [2.24, 2.45) is 0 Å². The van der Waals surface area contributed by atoms with Crippen LogP contribution in [0.1, 0.15) is 11.1 Å². The van der Waals surface area contributed by atoms with Crippen molar-refractivity contribution in [2.75, 3.05) is 17.3 Å². The first kappa shape index (κ1) is 21.1. The number of rotatable bonds is 0. The minimum absolute atomic E-state index is 0.613. The number of halogens is 3. The van der Waals surface area contributed by atoms with Gasteiger partial charge in [-0.3, -0.25) is 0 Å². The lowest BCUT2D eigenvalue weighted by Crippen LogP contribution is -2.21. The zero-order valence-corrected chi connectivity index (χ0v) is 16.0. The van der Waals surface area contributed by atoms with Gasteiger partial charge in [-0.1, -0.05) is 24.3 Å². The highest BCUT2D eigenvalue weighted by Gasteiger charge is 2.38. The van der Waals surface area contributed by atoms with Gasteiger partial charge in [0.2, 0.25) is 5.95 Å². The molecule has 0 fully saturated rings. The molecule has 0 saturated carbocycles. The molecule has 9 heteroatoms. The largest absolute Gasteiger partial charge is 0.490 e.